The Labute approximate surface area is 115 Å². The van der Waals surface area contributed by atoms with Crippen molar-refractivity contribution < 1.29 is 9.53 Å². The van der Waals surface area contributed by atoms with Crippen LogP contribution in [-0.4, -0.2) is 34.6 Å². The fourth-order valence-corrected chi connectivity index (χ4v) is 2.38. The summed E-state index contributed by atoms with van der Waals surface area (Å²) in [5.41, 5.74) is 0.741. The number of carbonyl (C=O) groups is 1. The third kappa shape index (κ3) is 3.78. The van der Waals surface area contributed by atoms with Crippen LogP contribution in [0.4, 0.5) is 5.13 Å². The first kappa shape index (κ1) is 13.5. The van der Waals surface area contributed by atoms with Crippen molar-refractivity contribution in [3.8, 4) is 0 Å². The number of ether oxygens (including phenoxy) is 1. The Balaban J connectivity index is 1.94. The van der Waals surface area contributed by atoms with Crippen LogP contribution in [0.2, 0.25) is 0 Å². The molecule has 2 heterocycles. The van der Waals surface area contributed by atoms with E-state index in [1.54, 1.807) is 19.3 Å². The standard InChI is InChI=1S/C12H16N4O2S/c1-3-18-11(17)6-9-8-19-12(15-9)16(2)7-10-13-4-5-14-10/h4-5,8H,3,6-7H2,1-2H3,(H,13,14). The Morgan fingerprint density at radius 1 is 1.58 bits per heavy atom. The predicted octanol–water partition coefficient (Wildman–Crippen LogP) is 1.61. The fraction of sp³-hybridized carbons (Fsp3) is 0.417. The van der Waals surface area contributed by atoms with E-state index >= 15 is 0 Å². The minimum atomic E-state index is -0.243. The lowest BCUT2D eigenvalue weighted by Crippen LogP contribution is -2.17. The summed E-state index contributed by atoms with van der Waals surface area (Å²) in [6, 6.07) is 0. The first-order valence-electron chi connectivity index (χ1n) is 5.98. The van der Waals surface area contributed by atoms with Crippen LogP contribution in [0.15, 0.2) is 17.8 Å². The molecular weight excluding hydrogens is 264 g/mol. The van der Waals surface area contributed by atoms with Crippen LogP contribution in [0.1, 0.15) is 18.4 Å². The molecule has 1 N–H and O–H groups in total. The topological polar surface area (TPSA) is 71.1 Å². The van der Waals surface area contributed by atoms with Crippen molar-refractivity contribution in [2.45, 2.75) is 19.9 Å². The van der Waals surface area contributed by atoms with E-state index in [1.165, 1.54) is 11.3 Å². The van der Waals surface area contributed by atoms with Crippen molar-refractivity contribution in [3.63, 3.8) is 0 Å². The second-order valence-electron chi connectivity index (χ2n) is 4.00. The minimum absolute atomic E-state index is 0.221. The summed E-state index contributed by atoms with van der Waals surface area (Å²) in [6.45, 7) is 2.84. The molecule has 0 saturated carbocycles. The van der Waals surface area contributed by atoms with Gasteiger partial charge in [-0.3, -0.25) is 4.79 Å². The third-order valence-electron chi connectivity index (χ3n) is 2.44. The number of H-pyrrole nitrogens is 1. The van der Waals surface area contributed by atoms with Crippen LogP contribution in [-0.2, 0) is 22.5 Å². The Kier molecular flexibility index (Phi) is 4.51. The number of carbonyl (C=O) groups excluding carboxylic acids is 1. The Hall–Kier alpha value is -1.89. The highest BCUT2D eigenvalue weighted by Gasteiger charge is 2.11. The maximum atomic E-state index is 11.4. The molecule has 7 heteroatoms. The maximum absolute atomic E-state index is 11.4. The number of nitrogens with zero attached hydrogens (tertiary/aromatic N) is 3. The molecule has 0 unspecified atom stereocenters. The molecule has 0 spiro atoms. The third-order valence-corrected chi connectivity index (χ3v) is 3.44. The van der Waals surface area contributed by atoms with E-state index in [4.69, 9.17) is 4.74 Å². The van der Waals surface area contributed by atoms with Gasteiger partial charge in [0.25, 0.3) is 0 Å². The number of aromatic amines is 1. The van der Waals surface area contributed by atoms with Gasteiger partial charge in [0.1, 0.15) is 5.82 Å². The number of imidazole rings is 1. The minimum Gasteiger partial charge on any atom is -0.466 e. The molecule has 0 aliphatic heterocycles. The molecule has 0 atom stereocenters. The molecule has 0 fully saturated rings. The molecule has 2 aromatic heterocycles. The van der Waals surface area contributed by atoms with Gasteiger partial charge in [0.15, 0.2) is 5.13 Å². The van der Waals surface area contributed by atoms with Gasteiger partial charge in [-0.05, 0) is 6.92 Å². The quantitative estimate of drug-likeness (QED) is 0.814. The lowest BCUT2D eigenvalue weighted by atomic mass is 10.3. The van der Waals surface area contributed by atoms with E-state index in [0.717, 1.165) is 16.6 Å². The normalized spacial score (nSPS) is 10.4. The van der Waals surface area contributed by atoms with Gasteiger partial charge >= 0.3 is 5.97 Å². The molecule has 0 bridgehead atoms. The Morgan fingerprint density at radius 3 is 3.11 bits per heavy atom. The fourth-order valence-electron chi connectivity index (χ4n) is 1.59. The average molecular weight is 280 g/mol. The zero-order chi connectivity index (χ0) is 13.7. The lowest BCUT2D eigenvalue weighted by molar-refractivity contribution is -0.142. The number of aromatic nitrogens is 3. The zero-order valence-corrected chi connectivity index (χ0v) is 11.7. The first-order valence-corrected chi connectivity index (χ1v) is 6.86. The van der Waals surface area contributed by atoms with E-state index in [0.29, 0.717) is 13.2 Å². The predicted molar refractivity (Wildman–Crippen MR) is 73.1 cm³/mol. The second-order valence-corrected chi connectivity index (χ2v) is 4.83. The molecule has 0 aliphatic rings. The highest BCUT2D eigenvalue weighted by atomic mass is 32.1. The number of thiazole rings is 1. The van der Waals surface area contributed by atoms with Crippen LogP contribution in [0.5, 0.6) is 0 Å². The number of esters is 1. The van der Waals surface area contributed by atoms with Crippen molar-refractivity contribution in [1.29, 1.82) is 0 Å². The van der Waals surface area contributed by atoms with Gasteiger partial charge in [-0.15, -0.1) is 11.3 Å². The monoisotopic (exact) mass is 280 g/mol. The van der Waals surface area contributed by atoms with Crippen molar-refractivity contribution in [3.05, 3.63) is 29.3 Å². The van der Waals surface area contributed by atoms with E-state index < -0.39 is 0 Å². The number of hydrogen-bond acceptors (Lipinski definition) is 6. The van der Waals surface area contributed by atoms with Gasteiger partial charge in [0.2, 0.25) is 0 Å². The molecule has 102 valence electrons. The van der Waals surface area contributed by atoms with E-state index in [1.807, 2.05) is 17.3 Å². The molecule has 0 aromatic carbocycles. The van der Waals surface area contributed by atoms with E-state index in [-0.39, 0.29) is 12.4 Å². The van der Waals surface area contributed by atoms with E-state index in [9.17, 15) is 4.79 Å². The summed E-state index contributed by atoms with van der Waals surface area (Å²) < 4.78 is 4.90. The zero-order valence-electron chi connectivity index (χ0n) is 10.9. The highest BCUT2D eigenvalue weighted by molar-refractivity contribution is 7.13. The van der Waals surface area contributed by atoms with Gasteiger partial charge in [0.05, 0.1) is 25.3 Å². The molecule has 19 heavy (non-hydrogen) atoms. The number of anilines is 1. The second kappa shape index (κ2) is 6.33. The summed E-state index contributed by atoms with van der Waals surface area (Å²) in [5.74, 6) is 0.637. The van der Waals surface area contributed by atoms with Crippen molar-refractivity contribution in [1.82, 2.24) is 15.0 Å². The summed E-state index contributed by atoms with van der Waals surface area (Å²) >= 11 is 1.50. The van der Waals surface area contributed by atoms with Gasteiger partial charge in [-0.1, -0.05) is 0 Å². The first-order chi connectivity index (χ1) is 9.19. The molecular formula is C12H16N4O2S. The van der Waals surface area contributed by atoms with Gasteiger partial charge in [-0.2, -0.15) is 0 Å². The molecule has 2 rings (SSSR count). The molecule has 0 radical (unpaired) electrons. The van der Waals surface area contributed by atoms with E-state index in [2.05, 4.69) is 15.0 Å². The number of rotatable bonds is 6. The molecule has 0 saturated heterocycles. The molecule has 2 aromatic rings. The van der Waals surface area contributed by atoms with Crippen molar-refractivity contribution in [2.24, 2.45) is 0 Å². The number of hydrogen-bond donors (Lipinski definition) is 1. The van der Waals surface area contributed by atoms with Gasteiger partial charge in [0, 0.05) is 24.8 Å². The van der Waals surface area contributed by atoms with Crippen LogP contribution in [0.25, 0.3) is 0 Å². The van der Waals surface area contributed by atoms with Gasteiger partial charge < -0.3 is 14.6 Å². The maximum Gasteiger partial charge on any atom is 0.311 e. The summed E-state index contributed by atoms with van der Waals surface area (Å²) in [4.78, 5) is 25.0. The molecule has 0 amide bonds. The van der Waals surface area contributed by atoms with Crippen LogP contribution in [0, 0.1) is 0 Å². The van der Waals surface area contributed by atoms with Crippen LogP contribution >= 0.6 is 11.3 Å². The Morgan fingerprint density at radius 2 is 2.42 bits per heavy atom. The van der Waals surface area contributed by atoms with Crippen LogP contribution in [0.3, 0.4) is 0 Å². The number of nitrogens with one attached hydrogen (secondary N) is 1. The van der Waals surface area contributed by atoms with Crippen molar-refractivity contribution >= 4 is 22.4 Å². The molecule has 6 nitrogen and oxygen atoms in total. The van der Waals surface area contributed by atoms with Crippen LogP contribution < -0.4 is 4.90 Å². The smallest absolute Gasteiger partial charge is 0.311 e. The summed E-state index contributed by atoms with van der Waals surface area (Å²) in [7, 11) is 1.94. The molecule has 0 aliphatic carbocycles. The SMILES string of the molecule is CCOC(=O)Cc1csc(N(C)Cc2ncc[nH]2)n1. The Bertz CT molecular complexity index is 524. The van der Waals surface area contributed by atoms with Crippen molar-refractivity contribution in [2.75, 3.05) is 18.6 Å². The largest absolute Gasteiger partial charge is 0.466 e. The lowest BCUT2D eigenvalue weighted by Gasteiger charge is -2.13. The highest BCUT2D eigenvalue weighted by Crippen LogP contribution is 2.20. The summed E-state index contributed by atoms with van der Waals surface area (Å²) in [6.07, 6.45) is 3.73. The average Bonchev–Trinajstić information content (AvgIpc) is 3.00. The van der Waals surface area contributed by atoms with Gasteiger partial charge in [-0.25, -0.2) is 9.97 Å². The summed E-state index contributed by atoms with van der Waals surface area (Å²) in [5, 5.41) is 2.74.